The Labute approximate surface area is 94.2 Å². The largest absolute Gasteiger partial charge is 0.388 e. The van der Waals surface area contributed by atoms with E-state index in [4.69, 9.17) is 0 Å². The van der Waals surface area contributed by atoms with E-state index >= 15 is 0 Å². The van der Waals surface area contributed by atoms with Gasteiger partial charge in [0.25, 0.3) is 0 Å². The quantitative estimate of drug-likeness (QED) is 0.833. The third-order valence-corrected chi connectivity index (χ3v) is 2.45. The molecule has 0 bridgehead atoms. The van der Waals surface area contributed by atoms with E-state index in [1.165, 1.54) is 6.07 Å². The van der Waals surface area contributed by atoms with Crippen molar-refractivity contribution in [3.63, 3.8) is 0 Å². The van der Waals surface area contributed by atoms with E-state index in [0.717, 1.165) is 11.3 Å². The molecule has 3 heteroatoms. The Balaban J connectivity index is 2.53. The van der Waals surface area contributed by atoms with Crippen LogP contribution >= 0.6 is 0 Å². The number of halogens is 1. The molecule has 2 aromatic rings. The Morgan fingerprint density at radius 3 is 2.75 bits per heavy atom. The van der Waals surface area contributed by atoms with Crippen LogP contribution in [0.2, 0.25) is 0 Å². The minimum Gasteiger partial charge on any atom is -0.388 e. The van der Waals surface area contributed by atoms with Gasteiger partial charge in [-0.2, -0.15) is 0 Å². The molecule has 0 fully saturated rings. The number of benzene rings is 1. The van der Waals surface area contributed by atoms with Gasteiger partial charge in [-0.15, -0.1) is 0 Å². The Bertz CT molecular complexity index is 509. The number of nitrogens with zero attached hydrogens (tertiary/aromatic N) is 1. The van der Waals surface area contributed by atoms with E-state index < -0.39 is 0 Å². The van der Waals surface area contributed by atoms with E-state index in [2.05, 4.69) is 10.3 Å². The van der Waals surface area contributed by atoms with Crippen LogP contribution < -0.4 is 5.32 Å². The van der Waals surface area contributed by atoms with Gasteiger partial charge in [0.2, 0.25) is 0 Å². The van der Waals surface area contributed by atoms with E-state index in [0.29, 0.717) is 11.3 Å². The van der Waals surface area contributed by atoms with Crippen LogP contribution in [0.3, 0.4) is 0 Å². The average molecular weight is 216 g/mol. The molecule has 2 rings (SSSR count). The van der Waals surface area contributed by atoms with Crippen molar-refractivity contribution in [1.82, 2.24) is 4.98 Å². The molecule has 1 aromatic carbocycles. The van der Waals surface area contributed by atoms with Gasteiger partial charge >= 0.3 is 0 Å². The molecule has 82 valence electrons. The van der Waals surface area contributed by atoms with Crippen LogP contribution in [0.1, 0.15) is 5.56 Å². The van der Waals surface area contributed by atoms with Crippen molar-refractivity contribution >= 4 is 5.69 Å². The number of aryl methyl sites for hydroxylation is 1. The van der Waals surface area contributed by atoms with Gasteiger partial charge in [0, 0.05) is 24.5 Å². The van der Waals surface area contributed by atoms with Crippen LogP contribution in [-0.2, 0) is 0 Å². The summed E-state index contributed by atoms with van der Waals surface area (Å²) in [6.07, 6.45) is 1.67. The molecule has 0 saturated carbocycles. The maximum absolute atomic E-state index is 13.6. The summed E-state index contributed by atoms with van der Waals surface area (Å²) in [6.45, 7) is 1.94. The molecule has 0 radical (unpaired) electrons. The first kappa shape index (κ1) is 10.6. The summed E-state index contributed by atoms with van der Waals surface area (Å²) in [7, 11) is 1.83. The van der Waals surface area contributed by atoms with Crippen molar-refractivity contribution in [3.05, 3.63) is 47.9 Å². The zero-order valence-corrected chi connectivity index (χ0v) is 9.29. The predicted molar refractivity (Wildman–Crippen MR) is 63.9 cm³/mol. The summed E-state index contributed by atoms with van der Waals surface area (Å²) in [5, 5.41) is 3.01. The highest BCUT2D eigenvalue weighted by molar-refractivity contribution is 5.65. The maximum atomic E-state index is 13.6. The van der Waals surface area contributed by atoms with E-state index in [9.17, 15) is 4.39 Å². The smallest absolute Gasteiger partial charge is 0.132 e. The number of hydrogen-bond acceptors (Lipinski definition) is 2. The molecule has 0 aliphatic heterocycles. The highest BCUT2D eigenvalue weighted by Gasteiger charge is 2.06. The van der Waals surface area contributed by atoms with E-state index in [1.807, 2.05) is 26.1 Å². The molecule has 1 aromatic heterocycles. The molecule has 0 unspecified atom stereocenters. The van der Waals surface area contributed by atoms with Gasteiger partial charge in [-0.25, -0.2) is 4.39 Å². The van der Waals surface area contributed by atoms with Crippen molar-refractivity contribution in [2.75, 3.05) is 12.4 Å². The SMILES string of the molecule is CNc1ccnc(-c2cc(C)ccc2F)c1. The fourth-order valence-electron chi connectivity index (χ4n) is 1.57. The first-order valence-electron chi connectivity index (χ1n) is 5.11. The number of hydrogen-bond donors (Lipinski definition) is 1. The lowest BCUT2D eigenvalue weighted by atomic mass is 10.1. The van der Waals surface area contributed by atoms with Gasteiger partial charge in [0.05, 0.1) is 5.69 Å². The molecule has 0 spiro atoms. The number of nitrogens with one attached hydrogen (secondary N) is 1. The molecule has 0 amide bonds. The third-order valence-electron chi connectivity index (χ3n) is 2.45. The molecule has 0 atom stereocenters. The fraction of sp³-hybridized carbons (Fsp3) is 0.154. The second kappa shape index (κ2) is 4.31. The van der Waals surface area contributed by atoms with Crippen LogP contribution in [0.25, 0.3) is 11.3 Å². The molecule has 1 heterocycles. The third kappa shape index (κ3) is 2.03. The molecular weight excluding hydrogens is 203 g/mol. The second-order valence-electron chi connectivity index (χ2n) is 3.66. The first-order chi connectivity index (χ1) is 7.70. The minimum absolute atomic E-state index is 0.244. The van der Waals surface area contributed by atoms with Gasteiger partial charge in [0.15, 0.2) is 0 Å². The van der Waals surface area contributed by atoms with E-state index in [1.54, 1.807) is 18.3 Å². The minimum atomic E-state index is -0.244. The van der Waals surface area contributed by atoms with Crippen molar-refractivity contribution in [1.29, 1.82) is 0 Å². The topological polar surface area (TPSA) is 24.9 Å². The van der Waals surface area contributed by atoms with Crippen molar-refractivity contribution in [2.24, 2.45) is 0 Å². The van der Waals surface area contributed by atoms with Crippen molar-refractivity contribution < 1.29 is 4.39 Å². The number of aromatic nitrogens is 1. The van der Waals surface area contributed by atoms with Crippen LogP contribution in [-0.4, -0.2) is 12.0 Å². The molecule has 0 aliphatic carbocycles. The molecule has 1 N–H and O–H groups in total. The zero-order chi connectivity index (χ0) is 11.5. The lowest BCUT2D eigenvalue weighted by Crippen LogP contribution is -1.92. The molecule has 2 nitrogen and oxygen atoms in total. The number of anilines is 1. The summed E-state index contributed by atoms with van der Waals surface area (Å²) in [5.41, 5.74) is 3.13. The molecule has 0 saturated heterocycles. The van der Waals surface area contributed by atoms with Gasteiger partial charge < -0.3 is 5.32 Å². The number of pyridine rings is 1. The summed E-state index contributed by atoms with van der Waals surface area (Å²) < 4.78 is 13.6. The standard InChI is InChI=1S/C13H13FN2/c1-9-3-4-12(14)11(7-9)13-8-10(15-2)5-6-16-13/h3-8H,1-2H3,(H,15,16). The molecule has 0 aliphatic rings. The van der Waals surface area contributed by atoms with Gasteiger partial charge in [-0.3, -0.25) is 4.98 Å². The Hall–Kier alpha value is -1.90. The maximum Gasteiger partial charge on any atom is 0.132 e. The van der Waals surface area contributed by atoms with Gasteiger partial charge in [-0.1, -0.05) is 11.6 Å². The Morgan fingerprint density at radius 1 is 1.19 bits per heavy atom. The highest BCUT2D eigenvalue weighted by atomic mass is 19.1. The Morgan fingerprint density at radius 2 is 2.00 bits per heavy atom. The molecule has 16 heavy (non-hydrogen) atoms. The summed E-state index contributed by atoms with van der Waals surface area (Å²) in [6, 6.07) is 8.70. The summed E-state index contributed by atoms with van der Waals surface area (Å²) in [4.78, 5) is 4.18. The first-order valence-corrected chi connectivity index (χ1v) is 5.11. The lowest BCUT2D eigenvalue weighted by Gasteiger charge is -2.06. The lowest BCUT2D eigenvalue weighted by molar-refractivity contribution is 0.630. The monoisotopic (exact) mass is 216 g/mol. The average Bonchev–Trinajstić information content (AvgIpc) is 2.32. The second-order valence-corrected chi connectivity index (χ2v) is 3.66. The predicted octanol–water partition coefficient (Wildman–Crippen LogP) is 3.24. The van der Waals surface area contributed by atoms with Crippen LogP contribution in [0.15, 0.2) is 36.5 Å². The van der Waals surface area contributed by atoms with Crippen molar-refractivity contribution in [3.8, 4) is 11.3 Å². The molecular formula is C13H13FN2. The van der Waals surface area contributed by atoms with Crippen LogP contribution in [0, 0.1) is 12.7 Å². The normalized spacial score (nSPS) is 10.2. The van der Waals surface area contributed by atoms with Crippen molar-refractivity contribution in [2.45, 2.75) is 6.92 Å². The highest BCUT2D eigenvalue weighted by Crippen LogP contribution is 2.23. The fourth-order valence-corrected chi connectivity index (χ4v) is 1.57. The summed E-state index contributed by atoms with van der Waals surface area (Å²) in [5.74, 6) is -0.244. The number of rotatable bonds is 2. The summed E-state index contributed by atoms with van der Waals surface area (Å²) >= 11 is 0. The van der Waals surface area contributed by atoms with Crippen LogP contribution in [0.5, 0.6) is 0 Å². The van der Waals surface area contributed by atoms with Crippen LogP contribution in [0.4, 0.5) is 10.1 Å². The van der Waals surface area contributed by atoms with Gasteiger partial charge in [0.1, 0.15) is 5.82 Å². The van der Waals surface area contributed by atoms with E-state index in [-0.39, 0.29) is 5.82 Å². The van der Waals surface area contributed by atoms with Gasteiger partial charge in [-0.05, 0) is 31.2 Å². The zero-order valence-electron chi connectivity index (χ0n) is 9.29. The Kier molecular flexibility index (Phi) is 2.86.